The third-order valence-electron chi connectivity index (χ3n) is 5.11. The highest BCUT2D eigenvalue weighted by atomic mass is 127. The van der Waals surface area contributed by atoms with E-state index in [1.807, 2.05) is 6.92 Å². The zero-order valence-electron chi connectivity index (χ0n) is 19.4. The van der Waals surface area contributed by atoms with E-state index in [4.69, 9.17) is 4.74 Å². The maximum Gasteiger partial charge on any atom is 0.409 e. The molecule has 0 aromatic heterocycles. The number of piperidine rings is 1. The van der Waals surface area contributed by atoms with Gasteiger partial charge in [0.25, 0.3) is 0 Å². The number of hydrogen-bond acceptors (Lipinski definition) is 4. The van der Waals surface area contributed by atoms with Gasteiger partial charge in [-0.25, -0.2) is 9.79 Å². The molecule has 8 nitrogen and oxygen atoms in total. The first-order chi connectivity index (χ1) is 13.9. The van der Waals surface area contributed by atoms with Gasteiger partial charge < -0.3 is 25.2 Å². The molecule has 1 fully saturated rings. The summed E-state index contributed by atoms with van der Waals surface area (Å²) in [5, 5.41) is 6.92. The molecule has 0 aromatic carbocycles. The monoisotopic (exact) mass is 539 g/mol. The number of carbonyl (C=O) groups is 2. The third-order valence-corrected chi connectivity index (χ3v) is 5.11. The van der Waals surface area contributed by atoms with Crippen LogP contribution in [0.2, 0.25) is 0 Å². The van der Waals surface area contributed by atoms with Gasteiger partial charge in [0.15, 0.2) is 5.96 Å². The van der Waals surface area contributed by atoms with Crippen molar-refractivity contribution in [1.82, 2.24) is 20.4 Å². The topological polar surface area (TPSA) is 86.3 Å². The lowest BCUT2D eigenvalue weighted by Gasteiger charge is -2.33. The van der Waals surface area contributed by atoms with Crippen molar-refractivity contribution in [2.24, 2.45) is 4.99 Å². The van der Waals surface area contributed by atoms with Gasteiger partial charge in [0.2, 0.25) is 5.91 Å². The standard InChI is InChI=1S/C21H41N5O3.HI/c1-6-8-9-10-11-17(3)23-20(22-16-19(27)25(4)5)24-18-12-14-26(15-13-18)21(28)29-7-2;/h17-18H,6-16H2,1-5H3,(H2,22,23,24);1H. The number of halogens is 1. The number of guanidine groups is 1. The van der Waals surface area contributed by atoms with E-state index in [0.29, 0.717) is 25.7 Å². The lowest BCUT2D eigenvalue weighted by atomic mass is 10.1. The maximum atomic E-state index is 12.0. The van der Waals surface area contributed by atoms with Crippen molar-refractivity contribution in [3.63, 3.8) is 0 Å². The SMILES string of the molecule is CCCCCCC(C)NC(=NCC(=O)N(C)C)NC1CCN(C(=O)OCC)CC1.I. The molecule has 1 aliphatic rings. The average Bonchev–Trinajstić information content (AvgIpc) is 2.69. The van der Waals surface area contributed by atoms with Crippen LogP contribution in [0.5, 0.6) is 0 Å². The number of unbranched alkanes of at least 4 members (excludes halogenated alkanes) is 3. The van der Waals surface area contributed by atoms with Crippen LogP contribution in [0.3, 0.4) is 0 Å². The first-order valence-corrected chi connectivity index (χ1v) is 11.1. The van der Waals surface area contributed by atoms with E-state index in [9.17, 15) is 9.59 Å². The Morgan fingerprint density at radius 2 is 1.83 bits per heavy atom. The fourth-order valence-corrected chi connectivity index (χ4v) is 3.22. The minimum absolute atomic E-state index is 0. The van der Waals surface area contributed by atoms with E-state index in [2.05, 4.69) is 29.5 Å². The number of rotatable bonds is 10. The molecule has 0 saturated carbocycles. The fourth-order valence-electron chi connectivity index (χ4n) is 3.22. The Kier molecular flexibility index (Phi) is 15.7. The minimum atomic E-state index is -0.241. The zero-order chi connectivity index (χ0) is 21.6. The highest BCUT2D eigenvalue weighted by Gasteiger charge is 2.24. The van der Waals surface area contributed by atoms with E-state index in [0.717, 1.165) is 19.3 Å². The van der Waals surface area contributed by atoms with E-state index in [-0.39, 0.29) is 54.6 Å². The summed E-state index contributed by atoms with van der Waals surface area (Å²) in [6.45, 7) is 8.02. The molecule has 1 heterocycles. The second-order valence-electron chi connectivity index (χ2n) is 7.95. The first-order valence-electron chi connectivity index (χ1n) is 11.1. The van der Waals surface area contributed by atoms with Crippen molar-refractivity contribution < 1.29 is 14.3 Å². The van der Waals surface area contributed by atoms with Crippen LogP contribution in [-0.4, -0.2) is 80.2 Å². The Morgan fingerprint density at radius 3 is 2.40 bits per heavy atom. The van der Waals surface area contributed by atoms with Crippen LogP contribution in [0.15, 0.2) is 4.99 Å². The molecule has 0 bridgehead atoms. The molecular formula is C21H42IN5O3. The Labute approximate surface area is 199 Å². The summed E-state index contributed by atoms with van der Waals surface area (Å²) in [7, 11) is 3.47. The van der Waals surface area contributed by atoms with Gasteiger partial charge in [0, 0.05) is 39.3 Å². The molecule has 0 aliphatic carbocycles. The van der Waals surface area contributed by atoms with Gasteiger partial charge in [-0.05, 0) is 33.1 Å². The maximum absolute atomic E-state index is 12.0. The largest absolute Gasteiger partial charge is 0.450 e. The molecule has 2 N–H and O–H groups in total. The van der Waals surface area contributed by atoms with Crippen LogP contribution in [0.1, 0.15) is 65.7 Å². The van der Waals surface area contributed by atoms with Gasteiger partial charge in [0.05, 0.1) is 6.61 Å². The summed E-state index contributed by atoms with van der Waals surface area (Å²) in [4.78, 5) is 31.6. The molecule has 0 radical (unpaired) electrons. The van der Waals surface area contributed by atoms with E-state index < -0.39 is 0 Å². The van der Waals surface area contributed by atoms with E-state index >= 15 is 0 Å². The number of nitrogens with zero attached hydrogens (tertiary/aromatic N) is 3. The number of amides is 2. The summed E-state index contributed by atoms with van der Waals surface area (Å²) in [5.41, 5.74) is 0. The number of likely N-dealkylation sites (N-methyl/N-ethyl adjacent to an activating group) is 1. The number of hydrogen-bond donors (Lipinski definition) is 2. The average molecular weight is 540 g/mol. The summed E-state index contributed by atoms with van der Waals surface area (Å²) in [6.07, 6.45) is 7.41. The van der Waals surface area contributed by atoms with Crippen LogP contribution in [-0.2, 0) is 9.53 Å². The predicted octanol–water partition coefficient (Wildman–Crippen LogP) is 3.21. The van der Waals surface area contributed by atoms with Crippen molar-refractivity contribution in [2.45, 2.75) is 77.8 Å². The summed E-state index contributed by atoms with van der Waals surface area (Å²) >= 11 is 0. The number of ether oxygens (including phenoxy) is 1. The predicted molar refractivity (Wildman–Crippen MR) is 133 cm³/mol. The van der Waals surface area contributed by atoms with Crippen molar-refractivity contribution in [3.8, 4) is 0 Å². The lowest BCUT2D eigenvalue weighted by Crippen LogP contribution is -2.51. The van der Waals surface area contributed by atoms with Gasteiger partial charge in [-0.15, -0.1) is 24.0 Å². The Bertz CT molecular complexity index is 523. The summed E-state index contributed by atoms with van der Waals surface area (Å²) in [6, 6.07) is 0.501. The molecule has 0 aromatic rings. The van der Waals surface area contributed by atoms with Crippen LogP contribution >= 0.6 is 24.0 Å². The fraction of sp³-hybridized carbons (Fsp3) is 0.857. The van der Waals surface area contributed by atoms with Crippen molar-refractivity contribution in [2.75, 3.05) is 40.3 Å². The van der Waals surface area contributed by atoms with Gasteiger partial charge in [-0.1, -0.05) is 32.6 Å². The van der Waals surface area contributed by atoms with Crippen LogP contribution < -0.4 is 10.6 Å². The molecule has 1 aliphatic heterocycles. The second-order valence-corrected chi connectivity index (χ2v) is 7.95. The first kappa shape index (κ1) is 28.7. The van der Waals surface area contributed by atoms with Crippen LogP contribution in [0, 0.1) is 0 Å². The molecular weight excluding hydrogens is 497 g/mol. The number of carbonyl (C=O) groups excluding carboxylic acids is 2. The van der Waals surface area contributed by atoms with Crippen molar-refractivity contribution in [1.29, 1.82) is 0 Å². The van der Waals surface area contributed by atoms with E-state index in [1.165, 1.54) is 25.7 Å². The Balaban J connectivity index is 0.00000841. The molecule has 176 valence electrons. The molecule has 1 rings (SSSR count). The molecule has 9 heteroatoms. The third kappa shape index (κ3) is 11.8. The molecule has 1 atom stereocenters. The van der Waals surface area contributed by atoms with Gasteiger partial charge in [-0.2, -0.15) is 0 Å². The molecule has 30 heavy (non-hydrogen) atoms. The number of nitrogens with one attached hydrogen (secondary N) is 2. The summed E-state index contributed by atoms with van der Waals surface area (Å²) < 4.78 is 5.08. The number of likely N-dealkylation sites (tertiary alicyclic amines) is 1. The molecule has 0 spiro atoms. The quantitative estimate of drug-likeness (QED) is 0.193. The minimum Gasteiger partial charge on any atom is -0.450 e. The van der Waals surface area contributed by atoms with Gasteiger partial charge in [0.1, 0.15) is 6.54 Å². The second kappa shape index (κ2) is 16.4. The normalized spacial score (nSPS) is 15.8. The Hall–Kier alpha value is -1.26. The van der Waals surface area contributed by atoms with Crippen molar-refractivity contribution in [3.05, 3.63) is 0 Å². The molecule has 2 amide bonds. The number of aliphatic imine (C=N–C) groups is 1. The van der Waals surface area contributed by atoms with Gasteiger partial charge in [-0.3, -0.25) is 4.79 Å². The van der Waals surface area contributed by atoms with Crippen molar-refractivity contribution >= 4 is 41.9 Å². The zero-order valence-corrected chi connectivity index (χ0v) is 21.7. The molecule has 1 saturated heterocycles. The highest BCUT2D eigenvalue weighted by Crippen LogP contribution is 2.12. The smallest absolute Gasteiger partial charge is 0.409 e. The summed E-state index contributed by atoms with van der Waals surface area (Å²) in [5.74, 6) is 0.650. The van der Waals surface area contributed by atoms with Crippen LogP contribution in [0.4, 0.5) is 4.79 Å². The van der Waals surface area contributed by atoms with Crippen LogP contribution in [0.25, 0.3) is 0 Å². The lowest BCUT2D eigenvalue weighted by molar-refractivity contribution is -0.127. The molecule has 1 unspecified atom stereocenters. The van der Waals surface area contributed by atoms with Gasteiger partial charge >= 0.3 is 6.09 Å². The van der Waals surface area contributed by atoms with E-state index in [1.54, 1.807) is 23.9 Å². The Morgan fingerprint density at radius 1 is 1.17 bits per heavy atom. The highest BCUT2D eigenvalue weighted by molar-refractivity contribution is 14.0.